The number of fused-ring (bicyclic) bond motifs is 1. The lowest BCUT2D eigenvalue weighted by molar-refractivity contribution is 0.601. The molecule has 4 nitrogen and oxygen atoms in total. The van der Waals surface area contributed by atoms with E-state index >= 15 is 0 Å². The fraction of sp³-hybridized carbons (Fsp3) is 0.200. The van der Waals surface area contributed by atoms with E-state index < -0.39 is 10.0 Å². The van der Waals surface area contributed by atoms with Gasteiger partial charge < -0.3 is 5.32 Å². The number of sulfonamides is 1. The third kappa shape index (κ3) is 3.22. The van der Waals surface area contributed by atoms with E-state index in [2.05, 4.69) is 26.0 Å². The molecule has 2 N–H and O–H groups in total. The van der Waals surface area contributed by atoms with Crippen LogP contribution in [0.3, 0.4) is 0 Å². The van der Waals surface area contributed by atoms with Gasteiger partial charge in [0, 0.05) is 22.4 Å². The largest absolute Gasteiger partial charge is 0.385 e. The number of anilines is 2. The van der Waals surface area contributed by atoms with Crippen molar-refractivity contribution in [2.75, 3.05) is 16.6 Å². The molecule has 2 aromatic rings. The Balaban J connectivity index is 1.89. The first-order valence-electron chi connectivity index (χ1n) is 6.70. The van der Waals surface area contributed by atoms with Crippen LogP contribution in [0.15, 0.2) is 51.8 Å². The zero-order valence-electron chi connectivity index (χ0n) is 11.3. The maximum atomic E-state index is 12.4. The number of nitrogens with one attached hydrogen (secondary N) is 2. The lowest BCUT2D eigenvalue weighted by Gasteiger charge is -2.19. The van der Waals surface area contributed by atoms with Crippen molar-refractivity contribution in [3.05, 3.63) is 52.5 Å². The Hall–Kier alpha value is -1.53. The van der Waals surface area contributed by atoms with Gasteiger partial charge in [-0.15, -0.1) is 0 Å². The lowest BCUT2D eigenvalue weighted by Crippen LogP contribution is -2.16. The van der Waals surface area contributed by atoms with E-state index in [-0.39, 0.29) is 4.90 Å². The van der Waals surface area contributed by atoms with Crippen LogP contribution in [0.2, 0.25) is 0 Å². The van der Waals surface area contributed by atoms with Gasteiger partial charge in [-0.05, 0) is 54.8 Å². The number of rotatable bonds is 3. The number of hydrogen-bond donors (Lipinski definition) is 2. The number of benzene rings is 2. The first-order chi connectivity index (χ1) is 10.0. The Kier molecular flexibility index (Phi) is 3.91. The zero-order chi connectivity index (χ0) is 14.9. The van der Waals surface area contributed by atoms with Crippen molar-refractivity contribution >= 4 is 37.3 Å². The highest BCUT2D eigenvalue weighted by Gasteiger charge is 2.17. The van der Waals surface area contributed by atoms with Crippen molar-refractivity contribution in [3.8, 4) is 0 Å². The highest BCUT2D eigenvalue weighted by atomic mass is 79.9. The minimum Gasteiger partial charge on any atom is -0.385 e. The van der Waals surface area contributed by atoms with Crippen molar-refractivity contribution in [2.24, 2.45) is 0 Å². The molecule has 1 aliphatic rings. The summed E-state index contributed by atoms with van der Waals surface area (Å²) < 4.78 is 28.3. The van der Waals surface area contributed by atoms with Crippen molar-refractivity contribution in [3.63, 3.8) is 0 Å². The summed E-state index contributed by atoms with van der Waals surface area (Å²) in [6, 6.07) is 12.3. The average Bonchev–Trinajstić information content (AvgIpc) is 2.49. The van der Waals surface area contributed by atoms with Crippen molar-refractivity contribution in [1.29, 1.82) is 0 Å². The molecule has 0 fully saturated rings. The predicted molar refractivity (Wildman–Crippen MR) is 88.2 cm³/mol. The van der Waals surface area contributed by atoms with E-state index in [0.717, 1.165) is 29.5 Å². The Labute approximate surface area is 132 Å². The third-order valence-electron chi connectivity index (χ3n) is 3.43. The molecule has 110 valence electrons. The number of halogens is 1. The highest BCUT2D eigenvalue weighted by molar-refractivity contribution is 9.10. The summed E-state index contributed by atoms with van der Waals surface area (Å²) in [5.74, 6) is 0. The van der Waals surface area contributed by atoms with E-state index in [0.29, 0.717) is 5.69 Å². The van der Waals surface area contributed by atoms with Gasteiger partial charge in [0.2, 0.25) is 0 Å². The van der Waals surface area contributed by atoms with Crippen molar-refractivity contribution < 1.29 is 8.42 Å². The summed E-state index contributed by atoms with van der Waals surface area (Å²) in [7, 11) is -3.56. The molecule has 0 unspecified atom stereocenters. The first kappa shape index (κ1) is 14.4. The fourth-order valence-electron chi connectivity index (χ4n) is 2.34. The summed E-state index contributed by atoms with van der Waals surface area (Å²) >= 11 is 3.33. The van der Waals surface area contributed by atoms with Crippen LogP contribution in [-0.4, -0.2) is 15.0 Å². The normalized spacial score (nSPS) is 14.1. The second-order valence-electron chi connectivity index (χ2n) is 4.96. The molecule has 0 aromatic heterocycles. The van der Waals surface area contributed by atoms with Gasteiger partial charge in [-0.3, -0.25) is 4.72 Å². The summed E-state index contributed by atoms with van der Waals surface area (Å²) in [6.07, 6.45) is 2.07. The number of hydrogen-bond acceptors (Lipinski definition) is 3. The SMILES string of the molecule is O=S(=O)(Nc1ccc(Br)cc1)c1ccc2c(c1)NCCC2. The van der Waals surface area contributed by atoms with E-state index in [1.807, 2.05) is 6.07 Å². The fourth-order valence-corrected chi connectivity index (χ4v) is 3.69. The van der Waals surface area contributed by atoms with E-state index in [9.17, 15) is 8.42 Å². The molecule has 1 aliphatic heterocycles. The molecule has 3 rings (SSSR count). The molecule has 6 heteroatoms. The van der Waals surface area contributed by atoms with Gasteiger partial charge >= 0.3 is 0 Å². The second-order valence-corrected chi connectivity index (χ2v) is 7.56. The van der Waals surface area contributed by atoms with Crippen LogP contribution in [-0.2, 0) is 16.4 Å². The van der Waals surface area contributed by atoms with Gasteiger partial charge in [0.15, 0.2) is 0 Å². The van der Waals surface area contributed by atoms with E-state index in [4.69, 9.17) is 0 Å². The molecule has 2 aromatic carbocycles. The first-order valence-corrected chi connectivity index (χ1v) is 8.97. The molecule has 0 atom stereocenters. The molecular weight excluding hydrogens is 352 g/mol. The van der Waals surface area contributed by atoms with Crippen LogP contribution in [0.1, 0.15) is 12.0 Å². The lowest BCUT2D eigenvalue weighted by atomic mass is 10.0. The van der Waals surface area contributed by atoms with Gasteiger partial charge in [-0.1, -0.05) is 22.0 Å². The predicted octanol–water partition coefficient (Wildman–Crippen LogP) is 3.61. The van der Waals surface area contributed by atoms with Crippen LogP contribution in [0, 0.1) is 0 Å². The quantitative estimate of drug-likeness (QED) is 0.872. The molecular formula is C15H15BrN2O2S. The maximum absolute atomic E-state index is 12.4. The standard InChI is InChI=1S/C15H15BrN2O2S/c16-12-4-6-13(7-5-12)18-21(19,20)14-8-3-11-2-1-9-17-15(11)10-14/h3-8,10,17-18H,1-2,9H2. The smallest absolute Gasteiger partial charge is 0.261 e. The van der Waals surface area contributed by atoms with Gasteiger partial charge in [0.1, 0.15) is 0 Å². The Morgan fingerprint density at radius 3 is 2.62 bits per heavy atom. The second kappa shape index (κ2) is 5.69. The van der Waals surface area contributed by atoms with Crippen LogP contribution in [0.4, 0.5) is 11.4 Å². The monoisotopic (exact) mass is 366 g/mol. The molecule has 21 heavy (non-hydrogen) atoms. The molecule has 0 radical (unpaired) electrons. The van der Waals surface area contributed by atoms with Gasteiger partial charge in [0.25, 0.3) is 10.0 Å². The summed E-state index contributed by atoms with van der Waals surface area (Å²) in [5.41, 5.74) is 2.63. The summed E-state index contributed by atoms with van der Waals surface area (Å²) in [4.78, 5) is 0.276. The molecule has 0 aliphatic carbocycles. The maximum Gasteiger partial charge on any atom is 0.261 e. The summed E-state index contributed by atoms with van der Waals surface area (Å²) in [6.45, 7) is 0.886. The highest BCUT2D eigenvalue weighted by Crippen LogP contribution is 2.26. The zero-order valence-corrected chi connectivity index (χ0v) is 13.7. The van der Waals surface area contributed by atoms with Crippen LogP contribution in [0.25, 0.3) is 0 Å². The van der Waals surface area contributed by atoms with Crippen LogP contribution < -0.4 is 10.0 Å². The van der Waals surface area contributed by atoms with Gasteiger partial charge in [0.05, 0.1) is 4.90 Å². The Bertz CT molecular complexity index is 758. The van der Waals surface area contributed by atoms with E-state index in [1.54, 1.807) is 36.4 Å². The molecule has 0 spiro atoms. The Morgan fingerprint density at radius 2 is 1.86 bits per heavy atom. The average molecular weight is 367 g/mol. The topological polar surface area (TPSA) is 58.2 Å². The van der Waals surface area contributed by atoms with Crippen molar-refractivity contribution in [2.45, 2.75) is 17.7 Å². The summed E-state index contributed by atoms with van der Waals surface area (Å²) in [5, 5.41) is 3.25. The van der Waals surface area contributed by atoms with Crippen molar-refractivity contribution in [1.82, 2.24) is 0 Å². The van der Waals surface area contributed by atoms with E-state index in [1.165, 1.54) is 5.56 Å². The van der Waals surface area contributed by atoms with Crippen LogP contribution >= 0.6 is 15.9 Å². The van der Waals surface area contributed by atoms with Gasteiger partial charge in [-0.25, -0.2) is 8.42 Å². The Morgan fingerprint density at radius 1 is 1.10 bits per heavy atom. The molecule has 0 saturated heterocycles. The van der Waals surface area contributed by atoms with Gasteiger partial charge in [-0.2, -0.15) is 0 Å². The van der Waals surface area contributed by atoms with Crippen LogP contribution in [0.5, 0.6) is 0 Å². The molecule has 1 heterocycles. The molecule has 0 saturated carbocycles. The molecule has 0 amide bonds. The minimum atomic E-state index is -3.56. The third-order valence-corrected chi connectivity index (χ3v) is 5.33. The number of aryl methyl sites for hydroxylation is 1. The minimum absolute atomic E-state index is 0.276. The molecule has 0 bridgehead atoms.